The maximum absolute atomic E-state index is 13.5. The maximum Gasteiger partial charge on any atom is 0.440 e. The van der Waals surface area contributed by atoms with Gasteiger partial charge in [0, 0.05) is 12.1 Å². The van der Waals surface area contributed by atoms with Gasteiger partial charge in [0.1, 0.15) is 0 Å². The van der Waals surface area contributed by atoms with E-state index in [0.29, 0.717) is 4.90 Å². The number of nitrogens with zero attached hydrogens (tertiary/aromatic N) is 1. The van der Waals surface area contributed by atoms with Crippen LogP contribution >= 0.6 is 0 Å². The van der Waals surface area contributed by atoms with Crippen LogP contribution in [0.4, 0.5) is 18.0 Å². The molecule has 1 atom stereocenters. The Balaban J connectivity index is 2.38. The van der Waals surface area contributed by atoms with Gasteiger partial charge in [0.05, 0.1) is 0 Å². The van der Waals surface area contributed by atoms with Crippen LogP contribution in [0.1, 0.15) is 15.9 Å². The molecule has 1 fully saturated rings. The lowest BCUT2D eigenvalue weighted by Crippen LogP contribution is -2.69. The molecule has 0 aliphatic carbocycles. The molecule has 128 valence electrons. The highest BCUT2D eigenvalue weighted by Gasteiger charge is 2.68. The topological polar surface area (TPSA) is 78.5 Å². The molecule has 2 N–H and O–H groups in total. The van der Waals surface area contributed by atoms with Crippen LogP contribution in [0.15, 0.2) is 36.9 Å². The number of amides is 4. The minimum atomic E-state index is -5.23. The van der Waals surface area contributed by atoms with Gasteiger partial charge in [-0.2, -0.15) is 13.2 Å². The minimum absolute atomic E-state index is 0.0755. The van der Waals surface area contributed by atoms with Gasteiger partial charge in [0.15, 0.2) is 0 Å². The number of urea groups is 1. The monoisotopic (exact) mass is 341 g/mol. The molecule has 1 aliphatic heterocycles. The standard InChI is InChI=1S/C15H14F3N3O3/c1-3-8-21-12(23)14(15(16,17)18,20-13(21)24)19-11(22)10-6-4-9(2)5-7-10/h3-7H,1,8H2,2H3,(H,19,22)(H,20,24). The number of imide groups is 1. The zero-order valence-corrected chi connectivity index (χ0v) is 12.6. The molecular formula is C15H14F3N3O3. The number of halogens is 3. The third kappa shape index (κ3) is 2.84. The second-order valence-electron chi connectivity index (χ2n) is 5.20. The number of hydrogen-bond donors (Lipinski definition) is 2. The van der Waals surface area contributed by atoms with Crippen molar-refractivity contribution < 1.29 is 27.6 Å². The van der Waals surface area contributed by atoms with Crippen LogP contribution in [-0.4, -0.2) is 41.1 Å². The van der Waals surface area contributed by atoms with Crippen molar-refractivity contribution in [3.8, 4) is 0 Å². The van der Waals surface area contributed by atoms with Crippen LogP contribution < -0.4 is 10.6 Å². The van der Waals surface area contributed by atoms with Gasteiger partial charge in [-0.25, -0.2) is 4.79 Å². The number of hydrogen-bond acceptors (Lipinski definition) is 3. The molecule has 9 heteroatoms. The predicted octanol–water partition coefficient (Wildman–Crippen LogP) is 1.72. The summed E-state index contributed by atoms with van der Waals surface area (Å²) in [7, 11) is 0. The van der Waals surface area contributed by atoms with Gasteiger partial charge in [-0.05, 0) is 19.1 Å². The Morgan fingerprint density at radius 3 is 2.42 bits per heavy atom. The van der Waals surface area contributed by atoms with Crippen molar-refractivity contribution in [3.63, 3.8) is 0 Å². The quantitative estimate of drug-likeness (QED) is 0.647. The molecule has 1 aromatic carbocycles. The average Bonchev–Trinajstić information content (AvgIpc) is 2.73. The molecule has 0 radical (unpaired) electrons. The fraction of sp³-hybridized carbons (Fsp3) is 0.267. The van der Waals surface area contributed by atoms with Crippen LogP contribution in [0, 0.1) is 6.92 Å². The zero-order chi connectivity index (χ0) is 18.1. The summed E-state index contributed by atoms with van der Waals surface area (Å²) in [6.45, 7) is 4.61. The first-order valence-electron chi connectivity index (χ1n) is 6.83. The molecule has 6 nitrogen and oxygen atoms in total. The Kier molecular flexibility index (Phi) is 4.37. The molecule has 0 bridgehead atoms. The summed E-state index contributed by atoms with van der Waals surface area (Å²) < 4.78 is 40.5. The summed E-state index contributed by atoms with van der Waals surface area (Å²) in [4.78, 5) is 36.3. The summed E-state index contributed by atoms with van der Waals surface area (Å²) in [5.41, 5.74) is -2.78. The van der Waals surface area contributed by atoms with Crippen LogP contribution in [0.3, 0.4) is 0 Å². The largest absolute Gasteiger partial charge is 0.440 e. The van der Waals surface area contributed by atoms with Crippen LogP contribution in [0.25, 0.3) is 0 Å². The van der Waals surface area contributed by atoms with E-state index in [2.05, 4.69) is 6.58 Å². The highest BCUT2D eigenvalue weighted by atomic mass is 19.4. The Hall–Kier alpha value is -2.84. The zero-order valence-electron chi connectivity index (χ0n) is 12.6. The lowest BCUT2D eigenvalue weighted by atomic mass is 10.1. The van der Waals surface area contributed by atoms with Gasteiger partial charge < -0.3 is 5.32 Å². The summed E-state index contributed by atoms with van der Waals surface area (Å²) >= 11 is 0. The van der Waals surface area contributed by atoms with Crippen molar-refractivity contribution >= 4 is 17.8 Å². The second kappa shape index (κ2) is 5.99. The third-order valence-corrected chi connectivity index (χ3v) is 3.46. The lowest BCUT2D eigenvalue weighted by molar-refractivity contribution is -0.200. The SMILES string of the molecule is C=CCN1C(=O)NC(NC(=O)c2ccc(C)cc2)(C(F)(F)F)C1=O. The Morgan fingerprint density at radius 1 is 1.33 bits per heavy atom. The lowest BCUT2D eigenvalue weighted by Gasteiger charge is -2.29. The average molecular weight is 341 g/mol. The van der Waals surface area contributed by atoms with E-state index in [-0.39, 0.29) is 5.56 Å². The Morgan fingerprint density at radius 2 is 1.92 bits per heavy atom. The Labute approximate surface area is 135 Å². The van der Waals surface area contributed by atoms with E-state index in [4.69, 9.17) is 0 Å². The smallest absolute Gasteiger partial charge is 0.314 e. The first-order chi connectivity index (χ1) is 11.1. The van der Waals surface area contributed by atoms with Crippen molar-refractivity contribution in [2.75, 3.05) is 6.54 Å². The number of rotatable bonds is 4. The van der Waals surface area contributed by atoms with Gasteiger partial charge in [-0.3, -0.25) is 19.8 Å². The first-order valence-corrected chi connectivity index (χ1v) is 6.83. The number of aryl methyl sites for hydroxylation is 1. The van der Waals surface area contributed by atoms with Gasteiger partial charge in [0.2, 0.25) is 0 Å². The number of carbonyl (C=O) groups excluding carboxylic acids is 3. The number of benzene rings is 1. The van der Waals surface area contributed by atoms with Crippen LogP contribution in [0.5, 0.6) is 0 Å². The first kappa shape index (κ1) is 17.5. The van der Waals surface area contributed by atoms with E-state index in [0.717, 1.165) is 11.6 Å². The van der Waals surface area contributed by atoms with E-state index in [1.165, 1.54) is 29.6 Å². The summed E-state index contributed by atoms with van der Waals surface area (Å²) in [6, 6.07) is 4.44. The summed E-state index contributed by atoms with van der Waals surface area (Å²) in [6.07, 6.45) is -4.12. The summed E-state index contributed by atoms with van der Waals surface area (Å²) in [5, 5.41) is 3.15. The molecule has 0 aromatic heterocycles. The number of alkyl halides is 3. The molecule has 1 aliphatic rings. The number of nitrogens with one attached hydrogen (secondary N) is 2. The highest BCUT2D eigenvalue weighted by Crippen LogP contribution is 2.34. The molecule has 0 spiro atoms. The van der Waals surface area contributed by atoms with Crippen molar-refractivity contribution in [2.45, 2.75) is 18.8 Å². The molecule has 1 unspecified atom stereocenters. The molecule has 1 saturated heterocycles. The fourth-order valence-corrected chi connectivity index (χ4v) is 2.17. The molecule has 2 rings (SSSR count). The van der Waals surface area contributed by atoms with Crippen molar-refractivity contribution in [2.24, 2.45) is 0 Å². The van der Waals surface area contributed by atoms with E-state index >= 15 is 0 Å². The maximum atomic E-state index is 13.5. The van der Waals surface area contributed by atoms with Crippen molar-refractivity contribution in [1.29, 1.82) is 0 Å². The van der Waals surface area contributed by atoms with E-state index in [1.807, 2.05) is 0 Å². The van der Waals surface area contributed by atoms with Crippen LogP contribution in [-0.2, 0) is 4.79 Å². The van der Waals surface area contributed by atoms with E-state index < -0.39 is 36.2 Å². The normalized spacial score (nSPS) is 20.8. The van der Waals surface area contributed by atoms with Gasteiger partial charge in [-0.15, -0.1) is 6.58 Å². The highest BCUT2D eigenvalue weighted by molar-refractivity contribution is 6.10. The number of carbonyl (C=O) groups is 3. The molecular weight excluding hydrogens is 327 g/mol. The third-order valence-electron chi connectivity index (χ3n) is 3.46. The Bertz CT molecular complexity index is 700. The minimum Gasteiger partial charge on any atom is -0.314 e. The molecule has 24 heavy (non-hydrogen) atoms. The molecule has 4 amide bonds. The van der Waals surface area contributed by atoms with E-state index in [1.54, 1.807) is 12.2 Å². The predicted molar refractivity (Wildman–Crippen MR) is 77.9 cm³/mol. The molecule has 1 heterocycles. The van der Waals surface area contributed by atoms with Gasteiger partial charge in [0.25, 0.3) is 17.5 Å². The molecule has 1 aromatic rings. The molecule has 0 saturated carbocycles. The van der Waals surface area contributed by atoms with Gasteiger partial charge >= 0.3 is 12.2 Å². The van der Waals surface area contributed by atoms with Crippen molar-refractivity contribution in [3.05, 3.63) is 48.0 Å². The van der Waals surface area contributed by atoms with Crippen molar-refractivity contribution in [1.82, 2.24) is 15.5 Å². The van der Waals surface area contributed by atoms with Crippen LogP contribution in [0.2, 0.25) is 0 Å². The fourth-order valence-electron chi connectivity index (χ4n) is 2.17. The summed E-state index contributed by atoms with van der Waals surface area (Å²) in [5.74, 6) is -2.75. The van der Waals surface area contributed by atoms with E-state index in [9.17, 15) is 27.6 Å². The van der Waals surface area contributed by atoms with Gasteiger partial charge in [-0.1, -0.05) is 23.8 Å². The second-order valence-corrected chi connectivity index (χ2v) is 5.20.